The lowest BCUT2D eigenvalue weighted by Gasteiger charge is -2.11. The van der Waals surface area contributed by atoms with E-state index in [9.17, 15) is 0 Å². The van der Waals surface area contributed by atoms with Crippen molar-refractivity contribution in [1.29, 1.82) is 0 Å². The van der Waals surface area contributed by atoms with Gasteiger partial charge < -0.3 is 4.57 Å². The quantitative estimate of drug-likeness (QED) is 0.176. The average Bonchev–Trinajstić information content (AvgIpc) is 3.59. The maximum atomic E-state index is 4.99. The second-order valence-electron chi connectivity index (χ2n) is 13.3. The first kappa shape index (κ1) is 30.6. The van der Waals surface area contributed by atoms with E-state index in [4.69, 9.17) is 15.0 Å². The molecule has 0 aliphatic rings. The van der Waals surface area contributed by atoms with Crippen molar-refractivity contribution >= 4 is 32.6 Å². The van der Waals surface area contributed by atoms with Gasteiger partial charge in [-0.05, 0) is 57.3 Å². The molecular formula is C49H32N4. The summed E-state index contributed by atoms with van der Waals surface area (Å²) in [7, 11) is 0. The highest BCUT2D eigenvalue weighted by atomic mass is 15.0. The van der Waals surface area contributed by atoms with Crippen LogP contribution in [0.2, 0.25) is 0 Å². The first-order valence-corrected chi connectivity index (χ1v) is 17.9. The smallest absolute Gasteiger partial charge is 0.164 e. The number of benzene rings is 8. The molecular weight excluding hydrogens is 645 g/mol. The summed E-state index contributed by atoms with van der Waals surface area (Å²) in [5.74, 6) is 1.93. The Morgan fingerprint density at radius 2 is 0.698 bits per heavy atom. The van der Waals surface area contributed by atoms with E-state index in [1.165, 1.54) is 38.1 Å². The molecule has 0 fully saturated rings. The molecule has 8 aromatic carbocycles. The summed E-state index contributed by atoms with van der Waals surface area (Å²) in [6.07, 6.45) is 0. The molecule has 10 rings (SSSR count). The van der Waals surface area contributed by atoms with Crippen molar-refractivity contribution in [3.8, 4) is 62.1 Å². The Hall–Kier alpha value is -7.17. The summed E-state index contributed by atoms with van der Waals surface area (Å²) in [5, 5.41) is 5.09. The summed E-state index contributed by atoms with van der Waals surface area (Å²) in [4.78, 5) is 14.9. The topological polar surface area (TPSA) is 43.6 Å². The minimum atomic E-state index is 0.641. The first-order chi connectivity index (χ1) is 26.3. The second-order valence-corrected chi connectivity index (χ2v) is 13.3. The van der Waals surface area contributed by atoms with Gasteiger partial charge in [0.25, 0.3) is 0 Å². The van der Waals surface area contributed by atoms with E-state index in [-0.39, 0.29) is 0 Å². The standard InChI is InChI=1S/C49H32N4/c1-3-11-33(12-4-1)34-19-23-39(24-20-34)48-50-47(38-14-5-2-6-15-38)51-49(52-48)40-25-21-35(22-26-40)36-27-30-41(31-28-36)53-44-18-10-9-17-43(44)46-42-16-8-7-13-37(42)29-32-45(46)53/h1-32H. The molecule has 0 amide bonds. The van der Waals surface area contributed by atoms with Crippen LogP contribution >= 0.6 is 0 Å². The molecule has 0 radical (unpaired) electrons. The lowest BCUT2D eigenvalue weighted by Crippen LogP contribution is -2.00. The summed E-state index contributed by atoms with van der Waals surface area (Å²) >= 11 is 0. The maximum Gasteiger partial charge on any atom is 0.164 e. The number of rotatable bonds is 6. The van der Waals surface area contributed by atoms with Gasteiger partial charge in [0.1, 0.15) is 0 Å². The van der Waals surface area contributed by atoms with Gasteiger partial charge in [-0.2, -0.15) is 0 Å². The number of hydrogen-bond acceptors (Lipinski definition) is 3. The third-order valence-electron chi connectivity index (χ3n) is 10.1. The lowest BCUT2D eigenvalue weighted by atomic mass is 10.0. The molecule has 2 heterocycles. The highest BCUT2D eigenvalue weighted by molar-refractivity contribution is 6.21. The molecule has 4 heteroatoms. The van der Waals surface area contributed by atoms with E-state index >= 15 is 0 Å². The molecule has 0 atom stereocenters. The number of nitrogens with zero attached hydrogens (tertiary/aromatic N) is 4. The first-order valence-electron chi connectivity index (χ1n) is 17.9. The molecule has 0 aliphatic heterocycles. The molecule has 0 bridgehead atoms. The highest BCUT2D eigenvalue weighted by Crippen LogP contribution is 2.37. The van der Waals surface area contributed by atoms with Gasteiger partial charge in [-0.15, -0.1) is 0 Å². The normalized spacial score (nSPS) is 11.4. The fourth-order valence-corrected chi connectivity index (χ4v) is 7.42. The zero-order valence-corrected chi connectivity index (χ0v) is 28.8. The summed E-state index contributed by atoms with van der Waals surface area (Å²) < 4.78 is 2.38. The Morgan fingerprint density at radius 1 is 0.283 bits per heavy atom. The molecule has 0 unspecified atom stereocenters. The van der Waals surface area contributed by atoms with Crippen molar-refractivity contribution in [1.82, 2.24) is 19.5 Å². The summed E-state index contributed by atoms with van der Waals surface area (Å²) in [5.41, 5.74) is 11.0. The molecule has 0 aliphatic carbocycles. The van der Waals surface area contributed by atoms with Gasteiger partial charge in [0.2, 0.25) is 0 Å². The van der Waals surface area contributed by atoms with Crippen LogP contribution in [0.15, 0.2) is 194 Å². The summed E-state index contributed by atoms with van der Waals surface area (Å²) in [6.45, 7) is 0. The molecule has 248 valence electrons. The SMILES string of the molecule is c1ccc(-c2ccc(-c3nc(-c4ccccc4)nc(-c4ccc(-c5ccc(-n6c7ccccc7c7c8ccccc8ccc76)cc5)cc4)n3)cc2)cc1. The van der Waals surface area contributed by atoms with Gasteiger partial charge in [-0.25, -0.2) is 15.0 Å². The van der Waals surface area contributed by atoms with E-state index in [1.807, 2.05) is 36.4 Å². The third-order valence-corrected chi connectivity index (χ3v) is 10.1. The van der Waals surface area contributed by atoms with Gasteiger partial charge in [0, 0.05) is 33.2 Å². The number of hydrogen-bond donors (Lipinski definition) is 0. The van der Waals surface area contributed by atoms with Crippen LogP contribution in [0.25, 0.3) is 94.7 Å². The predicted molar refractivity (Wildman–Crippen MR) is 219 cm³/mol. The Morgan fingerprint density at radius 3 is 1.28 bits per heavy atom. The van der Waals surface area contributed by atoms with Crippen LogP contribution in [0.3, 0.4) is 0 Å². The van der Waals surface area contributed by atoms with Gasteiger partial charge in [-0.1, -0.05) is 170 Å². The van der Waals surface area contributed by atoms with Gasteiger partial charge in [-0.3, -0.25) is 0 Å². The molecule has 0 spiro atoms. The van der Waals surface area contributed by atoms with Crippen LogP contribution in [-0.4, -0.2) is 19.5 Å². The van der Waals surface area contributed by atoms with Gasteiger partial charge in [0.05, 0.1) is 11.0 Å². The van der Waals surface area contributed by atoms with Crippen molar-refractivity contribution in [3.63, 3.8) is 0 Å². The van der Waals surface area contributed by atoms with E-state index < -0.39 is 0 Å². The van der Waals surface area contributed by atoms with Crippen LogP contribution in [0.5, 0.6) is 0 Å². The Labute approximate surface area is 307 Å². The minimum Gasteiger partial charge on any atom is -0.309 e. The van der Waals surface area contributed by atoms with Gasteiger partial charge >= 0.3 is 0 Å². The Bertz CT molecular complexity index is 2890. The van der Waals surface area contributed by atoms with Crippen molar-refractivity contribution < 1.29 is 0 Å². The molecule has 53 heavy (non-hydrogen) atoms. The Kier molecular flexibility index (Phi) is 7.43. The van der Waals surface area contributed by atoms with Crippen molar-refractivity contribution in [3.05, 3.63) is 194 Å². The van der Waals surface area contributed by atoms with E-state index in [0.29, 0.717) is 17.5 Å². The zero-order chi connectivity index (χ0) is 35.1. The summed E-state index contributed by atoms with van der Waals surface area (Å²) in [6, 6.07) is 68.1. The molecule has 4 nitrogen and oxygen atoms in total. The zero-order valence-electron chi connectivity index (χ0n) is 28.8. The number of aromatic nitrogens is 4. The van der Waals surface area contributed by atoms with Crippen molar-refractivity contribution in [2.75, 3.05) is 0 Å². The molecule has 0 saturated carbocycles. The number of para-hydroxylation sites is 1. The molecule has 0 saturated heterocycles. The fourth-order valence-electron chi connectivity index (χ4n) is 7.42. The number of fused-ring (bicyclic) bond motifs is 5. The largest absolute Gasteiger partial charge is 0.309 e. The van der Waals surface area contributed by atoms with Crippen LogP contribution in [0.4, 0.5) is 0 Å². The van der Waals surface area contributed by atoms with Crippen LogP contribution in [0, 0.1) is 0 Å². The van der Waals surface area contributed by atoms with Crippen LogP contribution < -0.4 is 0 Å². The lowest BCUT2D eigenvalue weighted by molar-refractivity contribution is 1.07. The third kappa shape index (κ3) is 5.54. The minimum absolute atomic E-state index is 0.641. The van der Waals surface area contributed by atoms with Crippen molar-refractivity contribution in [2.45, 2.75) is 0 Å². The molecule has 10 aromatic rings. The highest BCUT2D eigenvalue weighted by Gasteiger charge is 2.16. The Balaban J connectivity index is 0.992. The van der Waals surface area contributed by atoms with Crippen LogP contribution in [0.1, 0.15) is 0 Å². The average molecular weight is 677 g/mol. The van der Waals surface area contributed by atoms with Crippen molar-refractivity contribution in [2.24, 2.45) is 0 Å². The van der Waals surface area contributed by atoms with E-state index in [0.717, 1.165) is 39.1 Å². The molecule has 0 N–H and O–H groups in total. The van der Waals surface area contributed by atoms with Crippen LogP contribution in [-0.2, 0) is 0 Å². The molecule has 2 aromatic heterocycles. The maximum absolute atomic E-state index is 4.99. The fraction of sp³-hybridized carbons (Fsp3) is 0. The predicted octanol–water partition coefficient (Wildman–Crippen LogP) is 12.5. The van der Waals surface area contributed by atoms with E-state index in [2.05, 4.69) is 162 Å². The van der Waals surface area contributed by atoms with E-state index in [1.54, 1.807) is 0 Å². The monoisotopic (exact) mass is 676 g/mol. The second kappa shape index (κ2) is 12.9. The van der Waals surface area contributed by atoms with Gasteiger partial charge in [0.15, 0.2) is 17.5 Å².